The second-order valence-electron chi connectivity index (χ2n) is 22.1. The summed E-state index contributed by atoms with van der Waals surface area (Å²) >= 11 is 4.24. The van der Waals surface area contributed by atoms with Gasteiger partial charge in [-0.15, -0.1) is 0 Å². The van der Waals surface area contributed by atoms with E-state index in [0.717, 1.165) is 16.7 Å². The summed E-state index contributed by atoms with van der Waals surface area (Å²) in [5.41, 5.74) is 43.4. The molecule has 0 aromatic heterocycles. The van der Waals surface area contributed by atoms with Gasteiger partial charge in [-0.05, 0) is 371 Å². The molecule has 8 aromatic rings. The molecule has 0 fully saturated rings. The zero-order valence-electron chi connectivity index (χ0n) is 47.2. The van der Waals surface area contributed by atoms with Crippen molar-refractivity contribution < 1.29 is 4.79 Å². The van der Waals surface area contributed by atoms with Crippen molar-refractivity contribution in [3.8, 4) is 22.3 Å². The normalized spacial score (nSPS) is 13.3. The minimum atomic E-state index is 0. The summed E-state index contributed by atoms with van der Waals surface area (Å²) < 4.78 is 0. The number of rotatable bonds is 0. The molecule has 0 saturated carbocycles. The van der Waals surface area contributed by atoms with E-state index in [-0.39, 0.29) is 13.2 Å². The monoisotopic (exact) mass is 1170 g/mol. The molecule has 0 aliphatic heterocycles. The van der Waals surface area contributed by atoms with Crippen LogP contribution in [0.2, 0.25) is 0 Å². The SMILES string of the molecule is C.Cc1c(C)c(C)c2c3c(c(C)c(C)c2c1C)-c1c(c(C)c(C)c2c(C)c(C)c(C)c(C)c12)C3=O.Cc1c(C)c(C)c2c3c(c(C)c(C)c2c1C)C(C)c1c-3c(C)c(C)c2c(C)c(C)c(C)c(C)c12.II. The van der Waals surface area contributed by atoms with Crippen molar-refractivity contribution in [3.63, 3.8) is 0 Å². The summed E-state index contributed by atoms with van der Waals surface area (Å²) in [6, 6.07) is 0. The van der Waals surface area contributed by atoms with E-state index in [1.54, 1.807) is 11.1 Å². The van der Waals surface area contributed by atoms with Crippen LogP contribution in [0.3, 0.4) is 0 Å². The predicted octanol–water partition coefficient (Wildman–Crippen LogP) is 21.1. The molecule has 71 heavy (non-hydrogen) atoms. The van der Waals surface area contributed by atoms with Crippen molar-refractivity contribution in [2.45, 2.75) is 186 Å². The van der Waals surface area contributed by atoms with Crippen LogP contribution in [-0.4, -0.2) is 5.78 Å². The molecule has 0 spiro atoms. The molecular formula is C68H80I2O. The Morgan fingerprint density at radius 3 is 0.831 bits per heavy atom. The van der Waals surface area contributed by atoms with Gasteiger partial charge in [0.25, 0.3) is 0 Å². The molecular weight excluding hydrogens is 1090 g/mol. The van der Waals surface area contributed by atoms with E-state index in [0.29, 0.717) is 5.92 Å². The molecule has 8 aromatic carbocycles. The van der Waals surface area contributed by atoms with Gasteiger partial charge in [0.1, 0.15) is 0 Å². The summed E-state index contributed by atoms with van der Waals surface area (Å²) in [6.45, 7) is 57.2. The third-order valence-electron chi connectivity index (χ3n) is 19.9. The summed E-state index contributed by atoms with van der Waals surface area (Å²) in [5.74, 6) is 0.609. The molecule has 372 valence electrons. The van der Waals surface area contributed by atoms with Gasteiger partial charge in [-0.3, -0.25) is 4.79 Å². The van der Waals surface area contributed by atoms with E-state index < -0.39 is 0 Å². The smallest absolute Gasteiger partial charge is 0.195 e. The Morgan fingerprint density at radius 1 is 0.225 bits per heavy atom. The first kappa shape index (κ1) is 54.7. The highest BCUT2D eigenvalue weighted by atomic mass is 128. The van der Waals surface area contributed by atoms with Crippen LogP contribution in [-0.2, 0) is 0 Å². The van der Waals surface area contributed by atoms with E-state index in [2.05, 4.69) is 210 Å². The predicted molar refractivity (Wildman–Crippen MR) is 333 cm³/mol. The number of fused-ring (bicyclic) bond motifs is 14. The summed E-state index contributed by atoms with van der Waals surface area (Å²) in [6.07, 6.45) is 0. The molecule has 1 unspecified atom stereocenters. The highest BCUT2D eigenvalue weighted by Crippen LogP contribution is 2.58. The van der Waals surface area contributed by atoms with E-state index in [1.807, 2.05) is 0 Å². The van der Waals surface area contributed by atoms with Crippen molar-refractivity contribution in [3.05, 3.63) is 156 Å². The average Bonchev–Trinajstić information content (AvgIpc) is 3.81. The van der Waals surface area contributed by atoms with Gasteiger partial charge in [-0.2, -0.15) is 0 Å². The number of benzene rings is 8. The molecule has 0 amide bonds. The lowest BCUT2D eigenvalue weighted by molar-refractivity contribution is 0.104. The van der Waals surface area contributed by atoms with Crippen LogP contribution < -0.4 is 0 Å². The van der Waals surface area contributed by atoms with Gasteiger partial charge >= 0.3 is 0 Å². The fourth-order valence-corrected chi connectivity index (χ4v) is 14.1. The zero-order chi connectivity index (χ0) is 52.2. The van der Waals surface area contributed by atoms with Crippen molar-refractivity contribution in [1.82, 2.24) is 0 Å². The molecule has 3 heteroatoms. The minimum Gasteiger partial charge on any atom is -0.289 e. The van der Waals surface area contributed by atoms with Crippen molar-refractivity contribution in [2.75, 3.05) is 0 Å². The lowest BCUT2D eigenvalue weighted by atomic mass is 9.80. The van der Waals surface area contributed by atoms with Gasteiger partial charge in [0, 0.05) is 59.8 Å². The first-order valence-electron chi connectivity index (χ1n) is 25.5. The van der Waals surface area contributed by atoms with Gasteiger partial charge in [0.2, 0.25) is 0 Å². The average molecular weight is 1170 g/mol. The second kappa shape index (κ2) is 18.7. The number of carbonyl (C=O) groups excluding carboxylic acids is 1. The molecule has 0 radical (unpaired) electrons. The number of ketones is 1. The van der Waals surface area contributed by atoms with Gasteiger partial charge in [-0.1, -0.05) is 14.4 Å². The van der Waals surface area contributed by atoms with Gasteiger partial charge in [-0.25, -0.2) is 0 Å². The van der Waals surface area contributed by atoms with Crippen LogP contribution >= 0.6 is 37.2 Å². The fraction of sp³-hybridized carbons (Fsp3) is 0.397. The zero-order valence-corrected chi connectivity index (χ0v) is 51.6. The number of carbonyl (C=O) groups is 1. The van der Waals surface area contributed by atoms with Crippen LogP contribution in [0, 0.1) is 166 Å². The van der Waals surface area contributed by atoms with Crippen LogP contribution in [0.1, 0.15) is 181 Å². The van der Waals surface area contributed by atoms with Gasteiger partial charge in [0.15, 0.2) is 5.78 Å². The van der Waals surface area contributed by atoms with Gasteiger partial charge in [0.05, 0.1) is 0 Å². The maximum Gasteiger partial charge on any atom is 0.195 e. The molecule has 1 nitrogen and oxygen atoms in total. The Hall–Kier alpha value is -4.07. The van der Waals surface area contributed by atoms with E-state index in [1.165, 1.54) is 193 Å². The third kappa shape index (κ3) is 7.02. The van der Waals surface area contributed by atoms with E-state index >= 15 is 0 Å². The van der Waals surface area contributed by atoms with Crippen molar-refractivity contribution in [2.24, 2.45) is 0 Å². The van der Waals surface area contributed by atoms with Crippen LogP contribution in [0.15, 0.2) is 0 Å². The Balaban J connectivity index is 0.000000199. The first-order chi connectivity index (χ1) is 32.7. The molecule has 2 aliphatic rings. The van der Waals surface area contributed by atoms with Crippen LogP contribution in [0.25, 0.3) is 65.3 Å². The maximum atomic E-state index is 14.4. The number of halogens is 2. The largest absolute Gasteiger partial charge is 0.289 e. The fourth-order valence-electron chi connectivity index (χ4n) is 14.1. The molecule has 0 bridgehead atoms. The van der Waals surface area contributed by atoms with Crippen molar-refractivity contribution in [1.29, 1.82) is 0 Å². The molecule has 0 N–H and O–H groups in total. The summed E-state index contributed by atoms with van der Waals surface area (Å²) in [7, 11) is 0. The standard InChI is InChI=1S/C34H40.C33H36O.CH4.I2/c1-14-16(3)20(7)30-27(18(14)5)24(11)25(12)32-33(30)26(13)29-23(10)22(9)28-19(6)15(2)17(4)21(8)31(28)34(29)32;1-13-15(3)19(7)27-25(17(13)5)22(10)24(12)30-31(27)29-23(11)21(9)26-18(6)14(2)16(4)20(8)28(26)32(29)33(30)34;;1-2/h26H,1-13H3;1-12H3;1H4;. The quantitative estimate of drug-likeness (QED) is 0.138. The highest BCUT2D eigenvalue weighted by molar-refractivity contribution is 15.0. The number of hydrogen-bond donors (Lipinski definition) is 0. The lowest BCUT2D eigenvalue weighted by Crippen LogP contribution is -2.06. The Labute approximate surface area is 451 Å². The van der Waals surface area contributed by atoms with Crippen LogP contribution in [0.5, 0.6) is 0 Å². The third-order valence-corrected chi connectivity index (χ3v) is 19.9. The Morgan fingerprint density at radius 2 is 0.465 bits per heavy atom. The second-order valence-corrected chi connectivity index (χ2v) is 22.1. The van der Waals surface area contributed by atoms with E-state index in [4.69, 9.17) is 0 Å². The Kier molecular flexibility index (Phi) is 14.4. The molecule has 2 aliphatic carbocycles. The number of hydrogen-bond acceptors (Lipinski definition) is 1. The molecule has 1 atom stereocenters. The van der Waals surface area contributed by atoms with E-state index in [9.17, 15) is 4.79 Å². The van der Waals surface area contributed by atoms with Gasteiger partial charge < -0.3 is 0 Å². The summed E-state index contributed by atoms with van der Waals surface area (Å²) in [5, 5.41) is 11.1. The number of aryl methyl sites for hydroxylation is 12. The minimum absolute atomic E-state index is 0. The first-order valence-corrected chi connectivity index (χ1v) is 31.8. The summed E-state index contributed by atoms with van der Waals surface area (Å²) in [4.78, 5) is 14.4. The van der Waals surface area contributed by atoms with Crippen molar-refractivity contribution >= 4 is 86.1 Å². The lowest BCUT2D eigenvalue weighted by Gasteiger charge is -2.23. The molecule has 0 heterocycles. The highest BCUT2D eigenvalue weighted by Gasteiger charge is 2.39. The molecule has 0 saturated heterocycles. The maximum absolute atomic E-state index is 14.4. The van der Waals surface area contributed by atoms with Crippen LogP contribution in [0.4, 0.5) is 0 Å². The molecule has 10 rings (SSSR count). The Bertz CT molecular complexity index is 3770. The topological polar surface area (TPSA) is 17.1 Å².